The van der Waals surface area contributed by atoms with E-state index in [2.05, 4.69) is 0 Å². The number of rotatable bonds is 3. The van der Waals surface area contributed by atoms with Crippen molar-refractivity contribution in [1.29, 1.82) is 0 Å². The van der Waals surface area contributed by atoms with E-state index in [9.17, 15) is 5.11 Å². The SMILES string of the molecule is CC(C)(O)C=Cc1ccccc1B1OC(C)(C)C(C)(C)O1. The van der Waals surface area contributed by atoms with Gasteiger partial charge < -0.3 is 14.4 Å². The minimum Gasteiger partial charge on any atom is -0.399 e. The fraction of sp³-hybridized carbons (Fsp3) is 0.529. The molecule has 1 aromatic carbocycles. The van der Waals surface area contributed by atoms with Gasteiger partial charge in [0.05, 0.1) is 16.8 Å². The van der Waals surface area contributed by atoms with Crippen LogP contribution >= 0.6 is 0 Å². The zero-order valence-electron chi connectivity index (χ0n) is 13.8. The van der Waals surface area contributed by atoms with Crippen LogP contribution in [0.25, 0.3) is 6.08 Å². The molecule has 114 valence electrons. The normalized spacial score (nSPS) is 21.2. The van der Waals surface area contributed by atoms with Crippen LogP contribution in [-0.2, 0) is 9.31 Å². The highest BCUT2D eigenvalue weighted by Crippen LogP contribution is 2.36. The molecule has 0 aromatic heterocycles. The van der Waals surface area contributed by atoms with Crippen molar-refractivity contribution in [2.75, 3.05) is 0 Å². The first-order chi connectivity index (χ1) is 9.52. The zero-order valence-corrected chi connectivity index (χ0v) is 13.8. The van der Waals surface area contributed by atoms with E-state index in [0.29, 0.717) is 0 Å². The first kappa shape index (κ1) is 16.3. The lowest BCUT2D eigenvalue weighted by Gasteiger charge is -2.32. The molecule has 4 heteroatoms. The smallest absolute Gasteiger partial charge is 0.399 e. The van der Waals surface area contributed by atoms with Gasteiger partial charge >= 0.3 is 7.12 Å². The zero-order chi connectivity index (χ0) is 15.9. The predicted molar refractivity (Wildman–Crippen MR) is 87.5 cm³/mol. The standard InChI is InChI=1S/C17H25BO3/c1-15(2,19)12-11-13-9-7-8-10-14(13)18-20-16(3,4)17(5,6)21-18/h7-12,19H,1-6H3. The van der Waals surface area contributed by atoms with E-state index in [0.717, 1.165) is 11.0 Å². The van der Waals surface area contributed by atoms with Crippen molar-refractivity contribution >= 4 is 18.7 Å². The highest BCUT2D eigenvalue weighted by atomic mass is 16.7. The summed E-state index contributed by atoms with van der Waals surface area (Å²) in [4.78, 5) is 0. The van der Waals surface area contributed by atoms with Crippen LogP contribution in [0.1, 0.15) is 47.1 Å². The van der Waals surface area contributed by atoms with Crippen molar-refractivity contribution < 1.29 is 14.4 Å². The van der Waals surface area contributed by atoms with Crippen molar-refractivity contribution in [3.8, 4) is 0 Å². The Kier molecular flexibility index (Phi) is 4.09. The maximum absolute atomic E-state index is 9.85. The van der Waals surface area contributed by atoms with Crippen LogP contribution in [0.2, 0.25) is 0 Å². The van der Waals surface area contributed by atoms with Gasteiger partial charge in [-0.05, 0) is 52.6 Å². The Hall–Kier alpha value is -1.10. The van der Waals surface area contributed by atoms with Crippen molar-refractivity contribution in [1.82, 2.24) is 0 Å². The minimum atomic E-state index is -0.844. The van der Waals surface area contributed by atoms with Gasteiger partial charge in [-0.3, -0.25) is 0 Å². The molecule has 0 bridgehead atoms. The van der Waals surface area contributed by atoms with E-state index in [-0.39, 0.29) is 11.2 Å². The summed E-state index contributed by atoms with van der Waals surface area (Å²) in [5.41, 5.74) is 0.424. The molecule has 0 atom stereocenters. The molecule has 1 aromatic rings. The Morgan fingerprint density at radius 3 is 2.10 bits per heavy atom. The molecule has 0 amide bonds. The average Bonchev–Trinajstić information content (AvgIpc) is 2.55. The van der Waals surface area contributed by atoms with Gasteiger partial charge in [0.15, 0.2) is 0 Å². The largest absolute Gasteiger partial charge is 0.495 e. The van der Waals surface area contributed by atoms with E-state index in [1.54, 1.807) is 19.9 Å². The third-order valence-electron chi connectivity index (χ3n) is 4.17. The number of hydrogen-bond acceptors (Lipinski definition) is 3. The summed E-state index contributed by atoms with van der Waals surface area (Å²) < 4.78 is 12.2. The van der Waals surface area contributed by atoms with Crippen LogP contribution in [0.3, 0.4) is 0 Å². The summed E-state index contributed by atoms with van der Waals surface area (Å²) in [7, 11) is -0.391. The predicted octanol–water partition coefficient (Wildman–Crippen LogP) is 2.77. The second kappa shape index (κ2) is 5.27. The molecule has 1 saturated heterocycles. The quantitative estimate of drug-likeness (QED) is 0.869. The van der Waals surface area contributed by atoms with Gasteiger partial charge in [0.2, 0.25) is 0 Å². The summed E-state index contributed by atoms with van der Waals surface area (Å²) in [6.45, 7) is 11.7. The summed E-state index contributed by atoms with van der Waals surface area (Å²) in [5, 5.41) is 9.85. The molecule has 2 rings (SSSR count). The van der Waals surface area contributed by atoms with Gasteiger partial charge in [0, 0.05) is 0 Å². The summed E-state index contributed by atoms with van der Waals surface area (Å²) >= 11 is 0. The number of aliphatic hydroxyl groups is 1. The van der Waals surface area contributed by atoms with Crippen molar-refractivity contribution in [3.63, 3.8) is 0 Å². The maximum atomic E-state index is 9.85. The van der Waals surface area contributed by atoms with E-state index in [4.69, 9.17) is 9.31 Å². The van der Waals surface area contributed by atoms with Crippen molar-refractivity contribution in [2.45, 2.75) is 58.3 Å². The van der Waals surface area contributed by atoms with Gasteiger partial charge in [-0.15, -0.1) is 0 Å². The van der Waals surface area contributed by atoms with Crippen LogP contribution in [0.4, 0.5) is 0 Å². The Bertz CT molecular complexity index is 525. The molecular formula is C17H25BO3. The highest BCUT2D eigenvalue weighted by molar-refractivity contribution is 6.63. The molecule has 1 aliphatic rings. The maximum Gasteiger partial charge on any atom is 0.495 e. The second-order valence-electron chi connectivity index (χ2n) is 7.20. The highest BCUT2D eigenvalue weighted by Gasteiger charge is 2.52. The fourth-order valence-electron chi connectivity index (χ4n) is 2.14. The van der Waals surface area contributed by atoms with Crippen LogP contribution in [0.15, 0.2) is 30.3 Å². The monoisotopic (exact) mass is 288 g/mol. The first-order valence-corrected chi connectivity index (χ1v) is 7.38. The van der Waals surface area contributed by atoms with Crippen molar-refractivity contribution in [3.05, 3.63) is 35.9 Å². The molecule has 0 unspecified atom stereocenters. The molecule has 0 saturated carbocycles. The molecular weight excluding hydrogens is 263 g/mol. The Morgan fingerprint density at radius 1 is 1.05 bits per heavy atom. The molecule has 1 heterocycles. The molecule has 1 N–H and O–H groups in total. The van der Waals surface area contributed by atoms with Gasteiger partial charge in [-0.2, -0.15) is 0 Å². The van der Waals surface area contributed by atoms with E-state index >= 15 is 0 Å². The lowest BCUT2D eigenvalue weighted by atomic mass is 9.75. The van der Waals surface area contributed by atoms with Crippen LogP contribution < -0.4 is 5.46 Å². The number of benzene rings is 1. The topological polar surface area (TPSA) is 38.7 Å². The summed E-state index contributed by atoms with van der Waals surface area (Å²) in [5.74, 6) is 0. The van der Waals surface area contributed by atoms with E-state index in [1.807, 2.05) is 58.0 Å². The van der Waals surface area contributed by atoms with Gasteiger partial charge in [-0.1, -0.05) is 36.4 Å². The third-order valence-corrected chi connectivity index (χ3v) is 4.17. The molecule has 21 heavy (non-hydrogen) atoms. The Labute approximate surface area is 128 Å². The van der Waals surface area contributed by atoms with E-state index < -0.39 is 12.7 Å². The molecule has 0 radical (unpaired) electrons. The number of hydrogen-bond donors (Lipinski definition) is 1. The molecule has 0 aliphatic carbocycles. The third kappa shape index (κ3) is 3.57. The molecule has 1 aliphatic heterocycles. The molecule has 3 nitrogen and oxygen atoms in total. The van der Waals surface area contributed by atoms with Gasteiger partial charge in [-0.25, -0.2) is 0 Å². The average molecular weight is 288 g/mol. The van der Waals surface area contributed by atoms with Crippen LogP contribution in [0, 0.1) is 0 Å². The fourth-order valence-corrected chi connectivity index (χ4v) is 2.14. The molecule has 1 fully saturated rings. The summed E-state index contributed by atoms with van der Waals surface area (Å²) in [6, 6.07) is 7.95. The van der Waals surface area contributed by atoms with Gasteiger partial charge in [0.25, 0.3) is 0 Å². The Balaban J connectivity index is 2.32. The first-order valence-electron chi connectivity index (χ1n) is 7.38. The lowest BCUT2D eigenvalue weighted by Crippen LogP contribution is -2.41. The van der Waals surface area contributed by atoms with E-state index in [1.165, 1.54) is 0 Å². The molecule has 0 spiro atoms. The minimum absolute atomic E-state index is 0.356. The lowest BCUT2D eigenvalue weighted by molar-refractivity contribution is 0.00578. The van der Waals surface area contributed by atoms with Crippen molar-refractivity contribution in [2.24, 2.45) is 0 Å². The van der Waals surface area contributed by atoms with Crippen LogP contribution in [-0.4, -0.2) is 29.0 Å². The van der Waals surface area contributed by atoms with Gasteiger partial charge in [0.1, 0.15) is 0 Å². The second-order valence-corrected chi connectivity index (χ2v) is 7.20. The summed E-state index contributed by atoms with van der Waals surface area (Å²) in [6.07, 6.45) is 3.69. The van der Waals surface area contributed by atoms with Crippen LogP contribution in [0.5, 0.6) is 0 Å². The Morgan fingerprint density at radius 2 is 1.57 bits per heavy atom.